The van der Waals surface area contributed by atoms with E-state index >= 15 is 0 Å². The summed E-state index contributed by atoms with van der Waals surface area (Å²) < 4.78 is 0. The molecule has 0 fully saturated rings. The van der Waals surface area contributed by atoms with Gasteiger partial charge in [0.1, 0.15) is 0 Å². The molecule has 0 spiro atoms. The van der Waals surface area contributed by atoms with Crippen molar-refractivity contribution in [1.29, 1.82) is 0 Å². The lowest BCUT2D eigenvalue weighted by molar-refractivity contribution is 0.646. The lowest BCUT2D eigenvalue weighted by Crippen LogP contribution is -2.33. The van der Waals surface area contributed by atoms with Crippen LogP contribution in [0.2, 0.25) is 5.02 Å². The zero-order valence-corrected chi connectivity index (χ0v) is 14.6. The highest BCUT2D eigenvalue weighted by Crippen LogP contribution is 2.29. The molecule has 0 saturated carbocycles. The third kappa shape index (κ3) is 4.87. The summed E-state index contributed by atoms with van der Waals surface area (Å²) in [7, 11) is 2.13. The Morgan fingerprint density at radius 1 is 1.30 bits per heavy atom. The molecule has 0 heterocycles. The molecule has 0 aliphatic carbocycles. The predicted octanol–water partition coefficient (Wildman–Crippen LogP) is 4.20. The molecule has 2 N–H and O–H groups in total. The monoisotopic (exact) mass is 314 g/mol. The van der Waals surface area contributed by atoms with Crippen molar-refractivity contribution < 1.29 is 0 Å². The molecular weight excluding hydrogens is 288 g/mol. The molecule has 2 nitrogen and oxygen atoms in total. The van der Waals surface area contributed by atoms with Gasteiger partial charge < -0.3 is 10.6 Å². The normalized spacial score (nSPS) is 14.1. The van der Waals surface area contributed by atoms with Gasteiger partial charge in [0.05, 0.1) is 10.7 Å². The maximum absolute atomic E-state index is 6.46. The van der Waals surface area contributed by atoms with Crippen molar-refractivity contribution in [1.82, 2.24) is 0 Å². The lowest BCUT2D eigenvalue weighted by atomic mass is 10.0. The van der Waals surface area contributed by atoms with E-state index in [1.807, 2.05) is 11.8 Å². The summed E-state index contributed by atoms with van der Waals surface area (Å²) in [5.41, 5.74) is 8.34. The zero-order chi connectivity index (χ0) is 15.1. The summed E-state index contributed by atoms with van der Waals surface area (Å²) in [5.74, 6) is 1.12. The first-order valence-electron chi connectivity index (χ1n) is 7.29. The fourth-order valence-corrected chi connectivity index (χ4v) is 3.48. The summed E-state index contributed by atoms with van der Waals surface area (Å²) in [5, 5.41) is 0.827. The highest BCUT2D eigenvalue weighted by molar-refractivity contribution is 7.98. The fraction of sp³-hybridized carbons (Fsp3) is 0.625. The molecule has 1 aromatic carbocycles. The summed E-state index contributed by atoms with van der Waals surface area (Å²) in [6, 6.07) is 7.08. The van der Waals surface area contributed by atoms with Gasteiger partial charge in [0.15, 0.2) is 0 Å². The van der Waals surface area contributed by atoms with Gasteiger partial charge in [-0.1, -0.05) is 31.5 Å². The first-order valence-corrected chi connectivity index (χ1v) is 9.06. The lowest BCUT2D eigenvalue weighted by Gasteiger charge is -2.30. The highest BCUT2D eigenvalue weighted by atomic mass is 35.5. The number of nitrogens with two attached hydrogens (primary N) is 1. The Hall–Kier alpha value is -0.380. The Balaban J connectivity index is 2.86. The topological polar surface area (TPSA) is 29.3 Å². The second-order valence-electron chi connectivity index (χ2n) is 5.29. The number of nitrogens with zero attached hydrogens (tertiary/aromatic N) is 1. The first kappa shape index (κ1) is 17.7. The van der Waals surface area contributed by atoms with Crippen molar-refractivity contribution in [2.24, 2.45) is 5.73 Å². The second-order valence-corrected chi connectivity index (χ2v) is 6.60. The molecule has 2 unspecified atom stereocenters. The van der Waals surface area contributed by atoms with Crippen LogP contribution in [0, 0.1) is 0 Å². The van der Waals surface area contributed by atoms with E-state index in [0.717, 1.165) is 35.7 Å². The average Bonchev–Trinajstić information content (AvgIpc) is 2.44. The Morgan fingerprint density at radius 3 is 2.50 bits per heavy atom. The number of hydrogen-bond donors (Lipinski definition) is 1. The average molecular weight is 315 g/mol. The van der Waals surface area contributed by atoms with E-state index in [1.54, 1.807) is 0 Å². The molecule has 1 rings (SSSR count). The SMILES string of the molecule is CCC(N)Cc1ccc(N(C)C(CC)CSC)c(Cl)c1. The number of anilines is 1. The van der Waals surface area contributed by atoms with Gasteiger partial charge in [-0.25, -0.2) is 0 Å². The van der Waals surface area contributed by atoms with Crippen molar-refractivity contribution >= 4 is 29.1 Å². The van der Waals surface area contributed by atoms with Crippen LogP contribution in [0.5, 0.6) is 0 Å². The van der Waals surface area contributed by atoms with Gasteiger partial charge in [-0.05, 0) is 43.2 Å². The predicted molar refractivity (Wildman–Crippen MR) is 94.3 cm³/mol. The minimum atomic E-state index is 0.217. The van der Waals surface area contributed by atoms with E-state index in [2.05, 4.69) is 50.2 Å². The van der Waals surface area contributed by atoms with E-state index in [1.165, 1.54) is 5.56 Å². The van der Waals surface area contributed by atoms with Crippen molar-refractivity contribution in [3.05, 3.63) is 28.8 Å². The number of benzene rings is 1. The maximum atomic E-state index is 6.46. The molecule has 0 saturated heterocycles. The molecule has 0 aliphatic rings. The van der Waals surface area contributed by atoms with Gasteiger partial charge in [0, 0.05) is 24.9 Å². The first-order chi connectivity index (χ1) is 9.53. The Morgan fingerprint density at radius 2 is 2.00 bits per heavy atom. The Labute approximate surface area is 133 Å². The van der Waals surface area contributed by atoms with Crippen LogP contribution in [-0.2, 0) is 6.42 Å². The molecule has 0 amide bonds. The standard InChI is InChI=1S/C16H27ClN2S/c1-5-13(18)9-12-7-8-16(15(17)10-12)19(3)14(6-2)11-20-4/h7-8,10,13-14H,5-6,9,11,18H2,1-4H3. The molecule has 1 aromatic rings. The van der Waals surface area contributed by atoms with E-state index in [9.17, 15) is 0 Å². The van der Waals surface area contributed by atoms with Crippen molar-refractivity contribution in [3.63, 3.8) is 0 Å². The minimum absolute atomic E-state index is 0.217. The van der Waals surface area contributed by atoms with Gasteiger partial charge in [-0.2, -0.15) is 11.8 Å². The number of halogens is 1. The quantitative estimate of drug-likeness (QED) is 0.780. The van der Waals surface area contributed by atoms with E-state index < -0.39 is 0 Å². The van der Waals surface area contributed by atoms with Crippen LogP contribution in [0.25, 0.3) is 0 Å². The maximum Gasteiger partial charge on any atom is 0.0642 e. The third-order valence-corrected chi connectivity index (χ3v) is 4.81. The van der Waals surface area contributed by atoms with Crippen molar-refractivity contribution in [2.45, 2.75) is 45.2 Å². The number of hydrogen-bond acceptors (Lipinski definition) is 3. The number of rotatable bonds is 8. The molecule has 0 bridgehead atoms. The largest absolute Gasteiger partial charge is 0.370 e. The molecular formula is C16H27ClN2S. The summed E-state index contributed by atoms with van der Waals surface area (Å²) in [4.78, 5) is 2.29. The van der Waals surface area contributed by atoms with E-state index in [0.29, 0.717) is 6.04 Å². The van der Waals surface area contributed by atoms with Gasteiger partial charge >= 0.3 is 0 Å². The van der Waals surface area contributed by atoms with Crippen LogP contribution in [0.3, 0.4) is 0 Å². The molecule has 114 valence electrons. The van der Waals surface area contributed by atoms with Gasteiger partial charge in [0.25, 0.3) is 0 Å². The fourth-order valence-electron chi connectivity index (χ4n) is 2.30. The minimum Gasteiger partial charge on any atom is -0.370 e. The third-order valence-electron chi connectivity index (χ3n) is 3.79. The van der Waals surface area contributed by atoms with Crippen molar-refractivity contribution in [3.8, 4) is 0 Å². The van der Waals surface area contributed by atoms with Crippen LogP contribution >= 0.6 is 23.4 Å². The van der Waals surface area contributed by atoms with Crippen LogP contribution < -0.4 is 10.6 Å². The summed E-state index contributed by atoms with van der Waals surface area (Å²) in [6.07, 6.45) is 5.15. The molecule has 20 heavy (non-hydrogen) atoms. The van der Waals surface area contributed by atoms with Gasteiger partial charge in [0.2, 0.25) is 0 Å². The number of thioether (sulfide) groups is 1. The molecule has 0 radical (unpaired) electrons. The van der Waals surface area contributed by atoms with Crippen LogP contribution in [0.1, 0.15) is 32.3 Å². The highest BCUT2D eigenvalue weighted by Gasteiger charge is 2.15. The summed E-state index contributed by atoms with van der Waals surface area (Å²) in [6.45, 7) is 4.34. The molecule has 4 heteroatoms. The summed E-state index contributed by atoms with van der Waals surface area (Å²) >= 11 is 8.34. The molecule has 2 atom stereocenters. The smallest absolute Gasteiger partial charge is 0.0642 e. The Kier molecular flexibility index (Phi) is 7.78. The van der Waals surface area contributed by atoms with E-state index in [4.69, 9.17) is 17.3 Å². The Bertz CT molecular complexity index is 411. The van der Waals surface area contributed by atoms with Crippen LogP contribution in [-0.4, -0.2) is 31.1 Å². The molecule has 0 aliphatic heterocycles. The van der Waals surface area contributed by atoms with Crippen molar-refractivity contribution in [2.75, 3.05) is 24.0 Å². The van der Waals surface area contributed by atoms with Crippen LogP contribution in [0.15, 0.2) is 18.2 Å². The van der Waals surface area contributed by atoms with Crippen LogP contribution in [0.4, 0.5) is 5.69 Å². The van der Waals surface area contributed by atoms with E-state index in [-0.39, 0.29) is 6.04 Å². The van der Waals surface area contributed by atoms with Gasteiger partial charge in [-0.15, -0.1) is 0 Å². The molecule has 0 aromatic heterocycles. The zero-order valence-electron chi connectivity index (χ0n) is 13.0. The second kappa shape index (κ2) is 8.81. The van der Waals surface area contributed by atoms with Gasteiger partial charge in [-0.3, -0.25) is 0 Å².